The minimum absolute atomic E-state index is 0.158. The van der Waals surface area contributed by atoms with Crippen molar-refractivity contribution in [1.82, 2.24) is 0 Å². The van der Waals surface area contributed by atoms with Gasteiger partial charge in [-0.1, -0.05) is 45.1 Å². The highest BCUT2D eigenvalue weighted by Gasteiger charge is 1.88. The molecule has 0 bridgehead atoms. The lowest BCUT2D eigenvalue weighted by molar-refractivity contribution is -0.112. The van der Waals surface area contributed by atoms with Gasteiger partial charge in [-0.15, -0.1) is 0 Å². The van der Waals surface area contributed by atoms with E-state index in [0.29, 0.717) is 0 Å². The number of ketones is 1. The molecule has 76 valence electrons. The number of allylic oxidation sites excluding steroid dienone is 2. The van der Waals surface area contributed by atoms with Crippen LogP contribution in [0.25, 0.3) is 0 Å². The second-order valence-electron chi connectivity index (χ2n) is 3.57. The molecule has 0 N–H and O–H groups in total. The van der Waals surface area contributed by atoms with Crippen molar-refractivity contribution in [2.75, 3.05) is 0 Å². The molecule has 0 saturated carbocycles. The largest absolute Gasteiger partial charge is 0.295 e. The monoisotopic (exact) mass is 182 g/mol. The van der Waals surface area contributed by atoms with E-state index in [1.165, 1.54) is 38.5 Å². The Kier molecular flexibility index (Phi) is 9.07. The van der Waals surface area contributed by atoms with E-state index in [1.54, 1.807) is 13.0 Å². The van der Waals surface area contributed by atoms with Crippen molar-refractivity contribution in [3.8, 4) is 0 Å². The SMILES string of the molecule is CCCCCCCCC=CC(C)=O. The number of hydrogen-bond acceptors (Lipinski definition) is 1. The first-order valence-electron chi connectivity index (χ1n) is 5.44. The third-order valence-corrected chi connectivity index (χ3v) is 2.08. The van der Waals surface area contributed by atoms with E-state index in [9.17, 15) is 4.79 Å². The van der Waals surface area contributed by atoms with Gasteiger partial charge in [0, 0.05) is 0 Å². The molecule has 0 fully saturated rings. The predicted octanol–water partition coefficient (Wildman–Crippen LogP) is 3.88. The van der Waals surface area contributed by atoms with Crippen LogP contribution < -0.4 is 0 Å². The molecule has 0 unspecified atom stereocenters. The highest BCUT2D eigenvalue weighted by molar-refractivity contribution is 5.87. The molecule has 0 amide bonds. The number of carbonyl (C=O) groups is 1. The standard InChI is InChI=1S/C12H22O/c1-3-4-5-6-7-8-9-10-11-12(2)13/h10-11H,3-9H2,1-2H3. The van der Waals surface area contributed by atoms with E-state index in [2.05, 4.69) is 6.92 Å². The summed E-state index contributed by atoms with van der Waals surface area (Å²) in [6.45, 7) is 3.83. The maximum Gasteiger partial charge on any atom is 0.152 e. The Labute approximate surface area is 82.2 Å². The lowest BCUT2D eigenvalue weighted by Crippen LogP contribution is -1.81. The van der Waals surface area contributed by atoms with Gasteiger partial charge in [0.05, 0.1) is 0 Å². The molecule has 0 spiro atoms. The normalized spacial score (nSPS) is 10.9. The molecular formula is C12H22O. The fraction of sp³-hybridized carbons (Fsp3) is 0.750. The molecule has 1 heteroatoms. The van der Waals surface area contributed by atoms with Crippen LogP contribution in [0.3, 0.4) is 0 Å². The summed E-state index contributed by atoms with van der Waals surface area (Å²) in [6.07, 6.45) is 12.7. The fourth-order valence-electron chi connectivity index (χ4n) is 1.29. The second kappa shape index (κ2) is 9.50. The number of unbranched alkanes of at least 4 members (excludes halogenated alkanes) is 6. The van der Waals surface area contributed by atoms with E-state index in [1.807, 2.05) is 6.08 Å². The van der Waals surface area contributed by atoms with Gasteiger partial charge < -0.3 is 0 Å². The summed E-state index contributed by atoms with van der Waals surface area (Å²) in [5.74, 6) is 0.158. The first-order valence-corrected chi connectivity index (χ1v) is 5.44. The zero-order valence-corrected chi connectivity index (χ0v) is 9.01. The minimum atomic E-state index is 0.158. The van der Waals surface area contributed by atoms with Gasteiger partial charge in [0.25, 0.3) is 0 Å². The van der Waals surface area contributed by atoms with Gasteiger partial charge in [0.15, 0.2) is 5.78 Å². The van der Waals surface area contributed by atoms with Crippen molar-refractivity contribution in [3.05, 3.63) is 12.2 Å². The Balaban J connectivity index is 3.03. The summed E-state index contributed by atoms with van der Waals surface area (Å²) in [5.41, 5.74) is 0. The van der Waals surface area contributed by atoms with Crippen LogP contribution in [0.4, 0.5) is 0 Å². The number of rotatable bonds is 8. The molecule has 13 heavy (non-hydrogen) atoms. The van der Waals surface area contributed by atoms with E-state index in [0.717, 1.165) is 6.42 Å². The van der Waals surface area contributed by atoms with Crippen molar-refractivity contribution < 1.29 is 4.79 Å². The zero-order chi connectivity index (χ0) is 9.94. The Hall–Kier alpha value is -0.590. The summed E-state index contributed by atoms with van der Waals surface area (Å²) in [4.78, 5) is 10.5. The van der Waals surface area contributed by atoms with Crippen LogP contribution in [0.15, 0.2) is 12.2 Å². The molecule has 0 aliphatic carbocycles. The summed E-state index contributed by atoms with van der Waals surface area (Å²) in [5, 5.41) is 0. The van der Waals surface area contributed by atoms with E-state index < -0.39 is 0 Å². The Morgan fingerprint density at radius 3 is 2.31 bits per heavy atom. The molecule has 0 aliphatic rings. The van der Waals surface area contributed by atoms with Crippen molar-refractivity contribution in [3.63, 3.8) is 0 Å². The summed E-state index contributed by atoms with van der Waals surface area (Å²) in [7, 11) is 0. The third-order valence-electron chi connectivity index (χ3n) is 2.08. The van der Waals surface area contributed by atoms with Crippen molar-refractivity contribution in [2.45, 2.75) is 58.8 Å². The van der Waals surface area contributed by atoms with Crippen LogP contribution in [0.2, 0.25) is 0 Å². The second-order valence-corrected chi connectivity index (χ2v) is 3.57. The van der Waals surface area contributed by atoms with E-state index in [-0.39, 0.29) is 5.78 Å². The fourth-order valence-corrected chi connectivity index (χ4v) is 1.29. The van der Waals surface area contributed by atoms with Crippen LogP contribution in [-0.2, 0) is 4.79 Å². The first kappa shape index (κ1) is 12.4. The lowest BCUT2D eigenvalue weighted by Gasteiger charge is -1.97. The maximum atomic E-state index is 10.5. The Morgan fingerprint density at radius 1 is 1.08 bits per heavy atom. The van der Waals surface area contributed by atoms with Crippen LogP contribution in [0.1, 0.15) is 58.8 Å². The summed E-state index contributed by atoms with van der Waals surface area (Å²) < 4.78 is 0. The molecule has 0 radical (unpaired) electrons. The minimum Gasteiger partial charge on any atom is -0.295 e. The van der Waals surface area contributed by atoms with Gasteiger partial charge in [-0.2, -0.15) is 0 Å². The van der Waals surface area contributed by atoms with Gasteiger partial charge in [0.2, 0.25) is 0 Å². The maximum absolute atomic E-state index is 10.5. The number of hydrogen-bond donors (Lipinski definition) is 0. The predicted molar refractivity (Wildman–Crippen MR) is 57.8 cm³/mol. The lowest BCUT2D eigenvalue weighted by atomic mass is 10.1. The van der Waals surface area contributed by atoms with Gasteiger partial charge in [-0.25, -0.2) is 0 Å². The van der Waals surface area contributed by atoms with Crippen molar-refractivity contribution in [2.24, 2.45) is 0 Å². The van der Waals surface area contributed by atoms with Crippen molar-refractivity contribution in [1.29, 1.82) is 0 Å². The third kappa shape index (κ3) is 11.4. The average molecular weight is 182 g/mol. The smallest absolute Gasteiger partial charge is 0.152 e. The molecule has 0 aliphatic heterocycles. The molecular weight excluding hydrogens is 160 g/mol. The number of carbonyl (C=O) groups excluding carboxylic acids is 1. The summed E-state index contributed by atoms with van der Waals surface area (Å²) >= 11 is 0. The molecule has 0 atom stereocenters. The molecule has 0 saturated heterocycles. The highest BCUT2D eigenvalue weighted by atomic mass is 16.1. The molecule has 0 heterocycles. The average Bonchev–Trinajstić information content (AvgIpc) is 2.09. The molecule has 0 aromatic rings. The van der Waals surface area contributed by atoms with Gasteiger partial charge in [-0.05, 0) is 25.8 Å². The van der Waals surface area contributed by atoms with Gasteiger partial charge in [0.1, 0.15) is 0 Å². The summed E-state index contributed by atoms with van der Waals surface area (Å²) in [6, 6.07) is 0. The Morgan fingerprint density at radius 2 is 1.69 bits per heavy atom. The first-order chi connectivity index (χ1) is 6.27. The highest BCUT2D eigenvalue weighted by Crippen LogP contribution is 2.06. The van der Waals surface area contributed by atoms with Crippen molar-refractivity contribution >= 4 is 5.78 Å². The molecule has 0 rings (SSSR count). The van der Waals surface area contributed by atoms with Gasteiger partial charge >= 0.3 is 0 Å². The van der Waals surface area contributed by atoms with E-state index in [4.69, 9.17) is 0 Å². The molecule has 0 aromatic heterocycles. The van der Waals surface area contributed by atoms with Crippen LogP contribution in [-0.4, -0.2) is 5.78 Å². The van der Waals surface area contributed by atoms with Crippen LogP contribution >= 0.6 is 0 Å². The van der Waals surface area contributed by atoms with Crippen LogP contribution in [0.5, 0.6) is 0 Å². The zero-order valence-electron chi connectivity index (χ0n) is 9.01. The Bertz CT molecular complexity index is 147. The van der Waals surface area contributed by atoms with Crippen LogP contribution in [0, 0.1) is 0 Å². The van der Waals surface area contributed by atoms with Gasteiger partial charge in [-0.3, -0.25) is 4.79 Å². The topological polar surface area (TPSA) is 17.1 Å². The molecule has 0 aromatic carbocycles. The molecule has 1 nitrogen and oxygen atoms in total. The quantitative estimate of drug-likeness (QED) is 0.411. The van der Waals surface area contributed by atoms with E-state index >= 15 is 0 Å².